The molecule has 5 aliphatic rings. The largest absolute Gasteiger partial charge is 0.459 e. The average Bonchev–Trinajstić information content (AvgIpc) is 2.58. The van der Waals surface area contributed by atoms with Gasteiger partial charge in [-0.15, -0.1) is 11.8 Å². The molecular weight excluding hydrogens is 396 g/mol. The van der Waals surface area contributed by atoms with Crippen molar-refractivity contribution < 1.29 is 32.2 Å². The predicted molar refractivity (Wildman–Crippen MR) is 97.3 cm³/mol. The number of carbonyl (C=O) groups excluding carboxylic acids is 1. The fraction of sp³-hybridized carbons (Fsp3) is 0.750. The second-order valence-electron chi connectivity index (χ2n) is 8.92. The minimum atomic E-state index is -2.27. The highest BCUT2D eigenvalue weighted by Gasteiger charge is 2.59. The van der Waals surface area contributed by atoms with E-state index in [1.165, 1.54) is 0 Å². The number of halogens is 4. The molecule has 156 valence electrons. The van der Waals surface area contributed by atoms with Gasteiger partial charge in [-0.3, -0.25) is 4.79 Å². The number of aliphatic hydroxyl groups is 1. The number of ether oxygens (including phenoxy) is 1. The highest BCUT2D eigenvalue weighted by atomic mass is 32.2. The lowest BCUT2D eigenvalue weighted by Gasteiger charge is -2.59. The summed E-state index contributed by atoms with van der Waals surface area (Å²) in [6.07, 6.45) is -0.0985. The summed E-state index contributed by atoms with van der Waals surface area (Å²) in [4.78, 5) is 11.7. The van der Waals surface area contributed by atoms with Crippen LogP contribution in [-0.4, -0.2) is 40.4 Å². The monoisotopic (exact) mass is 420 g/mol. The highest BCUT2D eigenvalue weighted by molar-refractivity contribution is 8.03. The fourth-order valence-corrected chi connectivity index (χ4v) is 6.79. The quantitative estimate of drug-likeness (QED) is 0.510. The van der Waals surface area contributed by atoms with Crippen LogP contribution in [0.5, 0.6) is 0 Å². The van der Waals surface area contributed by atoms with Crippen LogP contribution in [0, 0.1) is 11.8 Å². The second-order valence-corrected chi connectivity index (χ2v) is 10.1. The SMILES string of the molecule is CC1=C(F)C(F)=C(SCCC(=O)OC23CC4CC(CC(O)(C4)C2)C3)C(F)C1F. The van der Waals surface area contributed by atoms with Gasteiger partial charge in [-0.05, 0) is 50.9 Å². The third-order valence-electron chi connectivity index (χ3n) is 6.55. The molecule has 4 bridgehead atoms. The third kappa shape index (κ3) is 3.51. The summed E-state index contributed by atoms with van der Waals surface area (Å²) in [6, 6.07) is 0. The number of rotatable bonds is 5. The Morgan fingerprint density at radius 2 is 1.79 bits per heavy atom. The summed E-state index contributed by atoms with van der Waals surface area (Å²) in [5, 5.41) is 10.7. The Labute approximate surface area is 165 Å². The fourth-order valence-electron chi connectivity index (χ4n) is 5.81. The molecule has 0 heterocycles. The molecular formula is C20H24F4O3S. The van der Waals surface area contributed by atoms with Crippen molar-refractivity contribution in [1.82, 2.24) is 0 Å². The molecule has 0 radical (unpaired) electrons. The first kappa shape index (κ1) is 20.3. The smallest absolute Gasteiger partial charge is 0.307 e. The van der Waals surface area contributed by atoms with E-state index in [2.05, 4.69) is 0 Å². The van der Waals surface area contributed by atoms with Crippen LogP contribution in [-0.2, 0) is 9.53 Å². The summed E-state index contributed by atoms with van der Waals surface area (Å²) in [5.74, 6) is -2.57. The van der Waals surface area contributed by atoms with Crippen molar-refractivity contribution in [3.05, 3.63) is 22.1 Å². The van der Waals surface area contributed by atoms with Crippen LogP contribution in [0.4, 0.5) is 17.6 Å². The maximum atomic E-state index is 14.0. The molecule has 28 heavy (non-hydrogen) atoms. The first-order chi connectivity index (χ1) is 13.1. The van der Waals surface area contributed by atoms with Crippen molar-refractivity contribution in [3.63, 3.8) is 0 Å². The van der Waals surface area contributed by atoms with Crippen molar-refractivity contribution in [2.75, 3.05) is 5.75 Å². The zero-order valence-corrected chi connectivity index (χ0v) is 16.5. The summed E-state index contributed by atoms with van der Waals surface area (Å²) in [7, 11) is 0. The number of esters is 1. The van der Waals surface area contributed by atoms with E-state index in [1.807, 2.05) is 0 Å². The average molecular weight is 420 g/mol. The van der Waals surface area contributed by atoms with Gasteiger partial charge in [0.05, 0.1) is 16.9 Å². The van der Waals surface area contributed by atoms with Gasteiger partial charge in [-0.2, -0.15) is 0 Å². The first-order valence-corrected chi connectivity index (χ1v) is 10.7. The van der Waals surface area contributed by atoms with Gasteiger partial charge in [0.25, 0.3) is 0 Å². The summed E-state index contributed by atoms with van der Waals surface area (Å²) < 4.78 is 61.1. The Balaban J connectivity index is 1.35. The van der Waals surface area contributed by atoms with E-state index in [0.29, 0.717) is 30.0 Å². The zero-order chi connectivity index (χ0) is 20.3. The summed E-state index contributed by atoms with van der Waals surface area (Å²) in [6.45, 7) is 1.02. The normalized spacial score (nSPS) is 42.4. The van der Waals surface area contributed by atoms with Crippen molar-refractivity contribution in [3.8, 4) is 0 Å². The standard InChI is InChI=1S/C20H24F4O3S/c1-10-14(21)16(23)18(17(24)15(10)22)28-3-2-13(25)27-20-7-11-4-12(8-20)6-19(26,5-11)9-20/h11-12,14,16,26H,2-9H2,1H3. The second kappa shape index (κ2) is 7.04. The van der Waals surface area contributed by atoms with Crippen LogP contribution in [0.25, 0.3) is 0 Å². The van der Waals surface area contributed by atoms with Crippen LogP contribution in [0.3, 0.4) is 0 Å². The van der Waals surface area contributed by atoms with Gasteiger partial charge >= 0.3 is 5.97 Å². The summed E-state index contributed by atoms with van der Waals surface area (Å²) >= 11 is 0.608. The summed E-state index contributed by atoms with van der Waals surface area (Å²) in [5.41, 5.74) is -1.99. The van der Waals surface area contributed by atoms with Crippen molar-refractivity contribution in [2.24, 2.45) is 11.8 Å². The Kier molecular flexibility index (Phi) is 5.10. The van der Waals surface area contributed by atoms with Gasteiger partial charge < -0.3 is 9.84 Å². The van der Waals surface area contributed by atoms with Gasteiger partial charge in [0.2, 0.25) is 0 Å². The number of hydrogen-bond donors (Lipinski definition) is 1. The van der Waals surface area contributed by atoms with Gasteiger partial charge in [0.1, 0.15) is 5.60 Å². The maximum Gasteiger partial charge on any atom is 0.307 e. The number of thioether (sulfide) groups is 1. The first-order valence-electron chi connectivity index (χ1n) is 9.73. The van der Waals surface area contributed by atoms with E-state index in [1.54, 1.807) is 0 Å². The van der Waals surface area contributed by atoms with Crippen molar-refractivity contribution >= 4 is 17.7 Å². The minimum Gasteiger partial charge on any atom is -0.459 e. The van der Waals surface area contributed by atoms with E-state index in [4.69, 9.17) is 4.74 Å². The lowest BCUT2D eigenvalue weighted by molar-refractivity contribution is -0.219. The Hall–Kier alpha value is -1.02. The zero-order valence-electron chi connectivity index (χ0n) is 15.7. The van der Waals surface area contributed by atoms with Crippen LogP contribution in [0.15, 0.2) is 22.1 Å². The molecule has 0 saturated heterocycles. The third-order valence-corrected chi connectivity index (χ3v) is 7.67. The molecule has 4 atom stereocenters. The molecule has 0 aromatic heterocycles. The topological polar surface area (TPSA) is 46.5 Å². The predicted octanol–water partition coefficient (Wildman–Crippen LogP) is 4.85. The van der Waals surface area contributed by atoms with Gasteiger partial charge in [-0.25, -0.2) is 17.6 Å². The van der Waals surface area contributed by atoms with Crippen molar-refractivity contribution in [2.45, 2.75) is 75.4 Å². The minimum absolute atomic E-state index is 0.0335. The molecule has 0 amide bonds. The number of alkyl halides is 2. The van der Waals surface area contributed by atoms with Crippen LogP contribution < -0.4 is 0 Å². The van der Waals surface area contributed by atoms with E-state index >= 15 is 0 Å². The van der Waals surface area contributed by atoms with E-state index in [0.717, 1.165) is 39.0 Å². The molecule has 4 saturated carbocycles. The van der Waals surface area contributed by atoms with E-state index in [9.17, 15) is 27.5 Å². The number of hydrogen-bond acceptors (Lipinski definition) is 4. The lowest BCUT2D eigenvalue weighted by atomic mass is 9.52. The lowest BCUT2D eigenvalue weighted by Crippen LogP contribution is -2.60. The van der Waals surface area contributed by atoms with Crippen LogP contribution in [0.1, 0.15) is 51.9 Å². The van der Waals surface area contributed by atoms with Gasteiger partial charge in [0.15, 0.2) is 24.0 Å². The van der Waals surface area contributed by atoms with Gasteiger partial charge in [0, 0.05) is 17.7 Å². The number of carbonyl (C=O) groups is 1. The molecule has 0 spiro atoms. The Bertz CT molecular complexity index is 736. The van der Waals surface area contributed by atoms with E-state index in [-0.39, 0.29) is 12.2 Å². The molecule has 4 unspecified atom stereocenters. The van der Waals surface area contributed by atoms with Crippen LogP contribution >= 0.6 is 11.8 Å². The molecule has 5 rings (SSSR count). The maximum absolute atomic E-state index is 14.0. The molecule has 0 aliphatic heterocycles. The van der Waals surface area contributed by atoms with Gasteiger partial charge in [-0.1, -0.05) is 0 Å². The Morgan fingerprint density at radius 3 is 2.39 bits per heavy atom. The molecule has 0 aromatic carbocycles. The molecule has 3 nitrogen and oxygen atoms in total. The molecule has 4 fully saturated rings. The molecule has 0 aromatic rings. The highest BCUT2D eigenvalue weighted by Crippen LogP contribution is 2.59. The molecule has 1 N–H and O–H groups in total. The van der Waals surface area contributed by atoms with Crippen molar-refractivity contribution in [1.29, 1.82) is 0 Å². The molecule has 8 heteroatoms. The molecule has 5 aliphatic carbocycles. The van der Waals surface area contributed by atoms with Crippen LogP contribution in [0.2, 0.25) is 0 Å². The van der Waals surface area contributed by atoms with E-state index < -0.39 is 51.6 Å². The number of allylic oxidation sites excluding steroid dienone is 4. The Morgan fingerprint density at radius 1 is 1.14 bits per heavy atom.